The lowest BCUT2D eigenvalue weighted by atomic mass is 10.1. The minimum atomic E-state index is -0.788. The number of ether oxygens (including phenoxy) is 2. The second-order valence-corrected chi connectivity index (χ2v) is 8.81. The van der Waals surface area contributed by atoms with Gasteiger partial charge in [0.15, 0.2) is 5.17 Å². The van der Waals surface area contributed by atoms with Gasteiger partial charge in [0.25, 0.3) is 0 Å². The van der Waals surface area contributed by atoms with Gasteiger partial charge < -0.3 is 20.5 Å². The molecular weight excluding hydrogens is 342 g/mol. The van der Waals surface area contributed by atoms with Crippen LogP contribution in [0, 0.1) is 0 Å². The summed E-state index contributed by atoms with van der Waals surface area (Å²) in [5.74, 6) is 0.369. The molecule has 146 valence electrons. The minimum absolute atomic E-state index is 0.391. The molecule has 25 heavy (non-hydrogen) atoms. The van der Waals surface area contributed by atoms with E-state index < -0.39 is 29.3 Å². The minimum Gasteiger partial charge on any atom is -0.458 e. The van der Waals surface area contributed by atoms with Crippen molar-refractivity contribution in [2.24, 2.45) is 10.7 Å². The van der Waals surface area contributed by atoms with Crippen LogP contribution < -0.4 is 11.1 Å². The normalized spacial score (nSPS) is 14.0. The van der Waals surface area contributed by atoms with Crippen LogP contribution in [0.4, 0.5) is 4.79 Å². The van der Waals surface area contributed by atoms with Gasteiger partial charge in [-0.2, -0.15) is 0 Å². The summed E-state index contributed by atoms with van der Waals surface area (Å²) in [5.41, 5.74) is 4.45. The van der Waals surface area contributed by atoms with E-state index in [1.54, 1.807) is 41.5 Å². The molecule has 0 saturated carbocycles. The van der Waals surface area contributed by atoms with Gasteiger partial charge in [-0.15, -0.1) is 0 Å². The molecule has 8 heteroatoms. The van der Waals surface area contributed by atoms with Crippen LogP contribution in [-0.4, -0.2) is 46.8 Å². The molecule has 0 radical (unpaired) electrons. The Morgan fingerprint density at radius 2 is 1.68 bits per heavy atom. The van der Waals surface area contributed by atoms with Gasteiger partial charge in [-0.25, -0.2) is 9.59 Å². The van der Waals surface area contributed by atoms with Crippen molar-refractivity contribution >= 4 is 29.0 Å². The van der Waals surface area contributed by atoms with E-state index in [0.717, 1.165) is 5.75 Å². The van der Waals surface area contributed by atoms with Crippen LogP contribution in [0.15, 0.2) is 4.99 Å². The third-order valence-corrected chi connectivity index (χ3v) is 3.31. The summed E-state index contributed by atoms with van der Waals surface area (Å²) in [6.07, 6.45) is 0.333. The largest absolute Gasteiger partial charge is 0.458 e. The maximum Gasteiger partial charge on any atom is 0.408 e. The molecule has 0 bridgehead atoms. The Morgan fingerprint density at radius 1 is 1.12 bits per heavy atom. The van der Waals surface area contributed by atoms with Crippen LogP contribution in [0.5, 0.6) is 0 Å². The van der Waals surface area contributed by atoms with Gasteiger partial charge >= 0.3 is 12.1 Å². The average Bonchev–Trinajstić information content (AvgIpc) is 2.38. The number of rotatable bonds is 7. The van der Waals surface area contributed by atoms with E-state index >= 15 is 0 Å². The molecule has 0 aliphatic carbocycles. The summed E-state index contributed by atoms with van der Waals surface area (Å²) in [5, 5.41) is 3.11. The molecule has 3 N–H and O–H groups in total. The van der Waals surface area contributed by atoms with Crippen molar-refractivity contribution in [3.05, 3.63) is 0 Å². The summed E-state index contributed by atoms with van der Waals surface area (Å²) in [7, 11) is 0. The highest BCUT2D eigenvalue weighted by Crippen LogP contribution is 2.12. The highest BCUT2D eigenvalue weighted by Gasteiger charge is 2.28. The molecular formula is C17H33N3O4S. The Morgan fingerprint density at radius 3 is 2.16 bits per heavy atom. The highest BCUT2D eigenvalue weighted by molar-refractivity contribution is 8.13. The number of aliphatic imine (C=N–C) groups is 1. The number of hydrogen-bond acceptors (Lipinski definition) is 6. The molecule has 1 unspecified atom stereocenters. The lowest BCUT2D eigenvalue weighted by Crippen LogP contribution is -2.46. The van der Waals surface area contributed by atoms with Gasteiger partial charge in [0.05, 0.1) is 0 Å². The number of alkyl carbamates (subject to hydrolysis) is 1. The average molecular weight is 376 g/mol. The molecule has 1 atom stereocenters. The van der Waals surface area contributed by atoms with Crippen molar-refractivity contribution in [2.45, 2.75) is 78.6 Å². The lowest BCUT2D eigenvalue weighted by molar-refractivity contribution is -0.157. The number of thioether (sulfide) groups is 1. The van der Waals surface area contributed by atoms with Crippen molar-refractivity contribution in [3.63, 3.8) is 0 Å². The quantitative estimate of drug-likeness (QED) is 0.307. The summed E-state index contributed by atoms with van der Waals surface area (Å²) < 4.78 is 10.6. The molecule has 0 fully saturated rings. The van der Waals surface area contributed by atoms with E-state index in [0.29, 0.717) is 24.6 Å². The predicted molar refractivity (Wildman–Crippen MR) is 103 cm³/mol. The fourth-order valence-corrected chi connectivity index (χ4v) is 2.23. The number of esters is 1. The zero-order valence-corrected chi connectivity index (χ0v) is 17.3. The smallest absolute Gasteiger partial charge is 0.408 e. The molecule has 0 aliphatic rings. The molecule has 0 heterocycles. The molecule has 0 aliphatic heterocycles. The fraction of sp³-hybridized carbons (Fsp3) is 0.824. The first-order valence-corrected chi connectivity index (χ1v) is 9.47. The maximum atomic E-state index is 12.3. The summed E-state index contributed by atoms with van der Waals surface area (Å²) in [6, 6.07) is -0.788. The maximum absolute atomic E-state index is 12.3. The van der Waals surface area contributed by atoms with E-state index in [1.165, 1.54) is 11.8 Å². The number of carbonyl (C=O) groups excluding carboxylic acids is 2. The van der Waals surface area contributed by atoms with E-state index in [9.17, 15) is 9.59 Å². The Balaban J connectivity index is 4.76. The number of nitrogens with one attached hydrogen (secondary N) is 1. The number of carbonyl (C=O) groups is 2. The van der Waals surface area contributed by atoms with Gasteiger partial charge in [0.1, 0.15) is 17.2 Å². The summed E-state index contributed by atoms with van der Waals surface area (Å²) >= 11 is 1.47. The van der Waals surface area contributed by atoms with E-state index in [1.807, 2.05) is 6.92 Å². The Hall–Kier alpha value is -1.44. The lowest BCUT2D eigenvalue weighted by Gasteiger charge is -2.26. The molecule has 0 aromatic rings. The second-order valence-electron chi connectivity index (χ2n) is 7.53. The first-order valence-electron chi connectivity index (χ1n) is 8.49. The highest BCUT2D eigenvalue weighted by atomic mass is 32.2. The molecule has 7 nitrogen and oxygen atoms in total. The van der Waals surface area contributed by atoms with Crippen LogP contribution in [0.3, 0.4) is 0 Å². The van der Waals surface area contributed by atoms with Crippen molar-refractivity contribution < 1.29 is 19.1 Å². The Bertz CT molecular complexity index is 467. The summed E-state index contributed by atoms with van der Waals surface area (Å²) in [4.78, 5) is 28.5. The molecule has 0 rings (SSSR count). The molecule has 0 aromatic carbocycles. The van der Waals surface area contributed by atoms with Gasteiger partial charge in [-0.3, -0.25) is 4.99 Å². The van der Waals surface area contributed by atoms with Crippen LogP contribution >= 0.6 is 11.8 Å². The molecule has 0 aromatic heterocycles. The van der Waals surface area contributed by atoms with Crippen LogP contribution in [0.25, 0.3) is 0 Å². The number of amides is 1. The van der Waals surface area contributed by atoms with Crippen molar-refractivity contribution in [1.29, 1.82) is 0 Å². The number of hydrogen-bond donors (Lipinski definition) is 2. The number of nitrogens with zero attached hydrogens (tertiary/aromatic N) is 1. The molecule has 0 saturated heterocycles. The standard InChI is InChI=1S/C17H33N3O4S/c1-8-25-14(18)19-11-9-10-12(13(21)23-16(2,3)4)20-15(22)24-17(5,6)7/h12H,8-11H2,1-7H3,(H2,18,19)(H,20,22). The fourth-order valence-electron chi connectivity index (χ4n) is 1.75. The van der Waals surface area contributed by atoms with Crippen molar-refractivity contribution in [3.8, 4) is 0 Å². The van der Waals surface area contributed by atoms with E-state index in [2.05, 4.69) is 10.3 Å². The number of nitrogens with two attached hydrogens (primary N) is 1. The SMILES string of the molecule is CCSC(N)=NCCCC(NC(=O)OC(C)(C)C)C(=O)OC(C)(C)C. The first-order chi connectivity index (χ1) is 11.3. The predicted octanol–water partition coefficient (Wildman–Crippen LogP) is 3.07. The second kappa shape index (κ2) is 10.5. The zero-order valence-electron chi connectivity index (χ0n) is 16.5. The topological polar surface area (TPSA) is 103 Å². The van der Waals surface area contributed by atoms with E-state index in [4.69, 9.17) is 15.2 Å². The third-order valence-electron chi connectivity index (χ3n) is 2.59. The van der Waals surface area contributed by atoms with Crippen LogP contribution in [0.1, 0.15) is 61.3 Å². The van der Waals surface area contributed by atoms with Gasteiger partial charge in [0.2, 0.25) is 0 Å². The van der Waals surface area contributed by atoms with Gasteiger partial charge in [-0.1, -0.05) is 18.7 Å². The van der Waals surface area contributed by atoms with Crippen molar-refractivity contribution in [1.82, 2.24) is 5.32 Å². The monoisotopic (exact) mass is 375 g/mol. The molecule has 0 spiro atoms. The Kier molecular flexibility index (Phi) is 9.92. The summed E-state index contributed by atoms with van der Waals surface area (Å²) in [6.45, 7) is 13.1. The molecule has 1 amide bonds. The van der Waals surface area contributed by atoms with Crippen LogP contribution in [-0.2, 0) is 14.3 Å². The van der Waals surface area contributed by atoms with Gasteiger partial charge in [-0.05, 0) is 60.1 Å². The van der Waals surface area contributed by atoms with Crippen LogP contribution in [0.2, 0.25) is 0 Å². The van der Waals surface area contributed by atoms with Crippen molar-refractivity contribution in [2.75, 3.05) is 12.3 Å². The first kappa shape index (κ1) is 23.6. The number of amidine groups is 1. The third kappa shape index (κ3) is 13.5. The van der Waals surface area contributed by atoms with Gasteiger partial charge in [0, 0.05) is 6.54 Å². The zero-order chi connectivity index (χ0) is 19.7. The Labute approximate surface area is 155 Å². The van der Waals surface area contributed by atoms with E-state index in [-0.39, 0.29) is 0 Å².